The Morgan fingerprint density at radius 1 is 1.21 bits per heavy atom. The summed E-state index contributed by atoms with van der Waals surface area (Å²) in [5.41, 5.74) is 1.48. The number of carbonyl (C=O) groups is 3. The Morgan fingerprint density at radius 3 is 2.66 bits per heavy atom. The number of ketones is 1. The van der Waals surface area contributed by atoms with E-state index in [0.29, 0.717) is 33.5 Å². The Kier molecular flexibility index (Phi) is 6.08. The van der Waals surface area contributed by atoms with Gasteiger partial charge in [-0.3, -0.25) is 14.4 Å². The van der Waals surface area contributed by atoms with Crippen molar-refractivity contribution in [2.45, 2.75) is 25.9 Å². The summed E-state index contributed by atoms with van der Waals surface area (Å²) in [5, 5.41) is 3.08. The van der Waals surface area contributed by atoms with E-state index < -0.39 is 6.10 Å². The van der Waals surface area contributed by atoms with Gasteiger partial charge in [0.2, 0.25) is 5.91 Å². The molecule has 2 aromatic rings. The van der Waals surface area contributed by atoms with Gasteiger partial charge in [-0.2, -0.15) is 0 Å². The summed E-state index contributed by atoms with van der Waals surface area (Å²) in [5.74, 6) is 0.371. The molecule has 1 unspecified atom stereocenters. The van der Waals surface area contributed by atoms with E-state index in [9.17, 15) is 14.4 Å². The average molecular weight is 417 g/mol. The summed E-state index contributed by atoms with van der Waals surface area (Å²) >= 11 is 6.04. The van der Waals surface area contributed by atoms with Gasteiger partial charge in [0.1, 0.15) is 11.5 Å². The van der Waals surface area contributed by atoms with E-state index in [1.165, 1.54) is 12.0 Å². The summed E-state index contributed by atoms with van der Waals surface area (Å²) < 4.78 is 10.6. The van der Waals surface area contributed by atoms with Crippen LogP contribution in [-0.2, 0) is 9.59 Å². The number of anilines is 2. The van der Waals surface area contributed by atoms with Gasteiger partial charge in [-0.1, -0.05) is 11.6 Å². The van der Waals surface area contributed by atoms with E-state index in [1.54, 1.807) is 50.4 Å². The van der Waals surface area contributed by atoms with Crippen LogP contribution in [0.15, 0.2) is 36.4 Å². The number of hydrogen-bond acceptors (Lipinski definition) is 5. The summed E-state index contributed by atoms with van der Waals surface area (Å²) in [6.45, 7) is 1.68. The topological polar surface area (TPSA) is 84.9 Å². The van der Waals surface area contributed by atoms with Gasteiger partial charge >= 0.3 is 0 Å². The summed E-state index contributed by atoms with van der Waals surface area (Å²) in [6, 6.07) is 9.82. The summed E-state index contributed by atoms with van der Waals surface area (Å²) in [6.07, 6.45) is -0.519. The normalized spacial score (nSPS) is 15.4. The molecule has 7 nitrogen and oxygen atoms in total. The lowest BCUT2D eigenvalue weighted by atomic mass is 10.0. The molecule has 29 heavy (non-hydrogen) atoms. The van der Waals surface area contributed by atoms with Crippen molar-refractivity contribution in [1.29, 1.82) is 0 Å². The molecular weight excluding hydrogens is 396 g/mol. The number of nitrogens with zero attached hydrogens (tertiary/aromatic N) is 1. The molecule has 0 aromatic heterocycles. The third kappa shape index (κ3) is 4.51. The molecule has 152 valence electrons. The minimum absolute atomic E-state index is 0.0157. The van der Waals surface area contributed by atoms with Crippen LogP contribution in [0.4, 0.5) is 11.4 Å². The highest BCUT2D eigenvalue weighted by Crippen LogP contribution is 2.34. The molecule has 1 N–H and O–H groups in total. The molecule has 2 aromatic carbocycles. The second-order valence-electron chi connectivity index (χ2n) is 6.66. The molecular formula is C21H21ClN2O5. The van der Waals surface area contributed by atoms with Gasteiger partial charge < -0.3 is 19.7 Å². The van der Waals surface area contributed by atoms with E-state index in [0.717, 1.165) is 0 Å². The number of hydrogen-bond donors (Lipinski definition) is 1. The minimum Gasteiger partial charge on any atom is -0.495 e. The van der Waals surface area contributed by atoms with Crippen LogP contribution in [0, 0.1) is 0 Å². The number of amides is 2. The lowest BCUT2D eigenvalue weighted by Gasteiger charge is -2.30. The molecule has 0 aliphatic carbocycles. The highest BCUT2D eigenvalue weighted by molar-refractivity contribution is 6.32. The third-order valence-electron chi connectivity index (χ3n) is 4.64. The molecule has 8 heteroatoms. The number of benzene rings is 2. The number of rotatable bonds is 6. The maximum atomic E-state index is 12.5. The number of Topliss-reactive ketones (excluding diaryl/α,β-unsaturated/α-hetero) is 1. The van der Waals surface area contributed by atoms with Crippen molar-refractivity contribution >= 4 is 40.6 Å². The zero-order valence-electron chi connectivity index (χ0n) is 16.3. The Labute approximate surface area is 173 Å². The maximum Gasteiger partial charge on any atom is 0.267 e. The monoisotopic (exact) mass is 416 g/mol. The Hall–Kier alpha value is -3.06. The molecule has 0 saturated carbocycles. The fourth-order valence-corrected chi connectivity index (χ4v) is 3.28. The second-order valence-corrected chi connectivity index (χ2v) is 7.07. The van der Waals surface area contributed by atoms with E-state index in [1.807, 2.05) is 0 Å². The van der Waals surface area contributed by atoms with Crippen LogP contribution in [0.5, 0.6) is 11.5 Å². The SMILES string of the molecule is COc1ccc(NC(=O)CCC(=O)c2ccc3c(c2)N(C)C(=O)C(C)O3)cc1Cl. The van der Waals surface area contributed by atoms with Crippen molar-refractivity contribution in [3.8, 4) is 11.5 Å². The third-order valence-corrected chi connectivity index (χ3v) is 4.93. The van der Waals surface area contributed by atoms with Gasteiger partial charge in [0, 0.05) is 31.1 Å². The Bertz CT molecular complexity index is 976. The molecule has 1 aliphatic heterocycles. The molecule has 0 spiro atoms. The lowest BCUT2D eigenvalue weighted by molar-refractivity contribution is -0.125. The van der Waals surface area contributed by atoms with Crippen LogP contribution < -0.4 is 19.7 Å². The van der Waals surface area contributed by atoms with Crippen LogP contribution in [0.25, 0.3) is 0 Å². The van der Waals surface area contributed by atoms with Gasteiger partial charge in [-0.05, 0) is 43.3 Å². The fourth-order valence-electron chi connectivity index (χ4n) is 3.02. The quantitative estimate of drug-likeness (QED) is 0.726. The van der Waals surface area contributed by atoms with Crippen LogP contribution in [0.1, 0.15) is 30.1 Å². The van der Waals surface area contributed by atoms with Crippen molar-refractivity contribution in [1.82, 2.24) is 0 Å². The van der Waals surface area contributed by atoms with Crippen LogP contribution in [-0.4, -0.2) is 37.9 Å². The first-order chi connectivity index (χ1) is 13.8. The lowest BCUT2D eigenvalue weighted by Crippen LogP contribution is -2.42. The van der Waals surface area contributed by atoms with Gasteiger partial charge in [-0.25, -0.2) is 0 Å². The van der Waals surface area contributed by atoms with Crippen molar-refractivity contribution in [2.75, 3.05) is 24.4 Å². The fraction of sp³-hybridized carbons (Fsp3) is 0.286. The second kappa shape index (κ2) is 8.53. The highest BCUT2D eigenvalue weighted by Gasteiger charge is 2.29. The number of halogens is 1. The highest BCUT2D eigenvalue weighted by atomic mass is 35.5. The van der Waals surface area contributed by atoms with E-state index >= 15 is 0 Å². The van der Waals surface area contributed by atoms with Gasteiger partial charge in [-0.15, -0.1) is 0 Å². The van der Waals surface area contributed by atoms with Gasteiger partial charge in [0.05, 0.1) is 17.8 Å². The first-order valence-corrected chi connectivity index (χ1v) is 9.43. The van der Waals surface area contributed by atoms with Crippen molar-refractivity contribution in [2.24, 2.45) is 0 Å². The largest absolute Gasteiger partial charge is 0.495 e. The molecule has 0 radical (unpaired) electrons. The average Bonchev–Trinajstić information content (AvgIpc) is 2.70. The first-order valence-electron chi connectivity index (χ1n) is 9.05. The number of likely N-dealkylation sites (N-methyl/N-ethyl adjacent to an activating group) is 1. The number of nitrogens with one attached hydrogen (secondary N) is 1. The predicted octanol–water partition coefficient (Wildman–Crippen LogP) is 3.69. The molecule has 0 fully saturated rings. The summed E-state index contributed by atoms with van der Waals surface area (Å²) in [7, 11) is 3.15. The molecule has 0 bridgehead atoms. The van der Waals surface area contributed by atoms with Gasteiger partial charge in [0.15, 0.2) is 11.9 Å². The number of methoxy groups -OCH3 is 1. The number of ether oxygens (including phenoxy) is 2. The standard InChI is InChI=1S/C21H21ClN2O5/c1-12-21(27)24(2)16-10-13(4-7-19(16)29-12)17(25)6-9-20(26)23-14-5-8-18(28-3)15(22)11-14/h4-5,7-8,10-12H,6,9H2,1-3H3,(H,23,26). The number of carbonyl (C=O) groups excluding carboxylic acids is 3. The van der Waals surface area contributed by atoms with Crippen molar-refractivity contribution < 1.29 is 23.9 Å². The Balaban J connectivity index is 1.62. The molecule has 1 heterocycles. The van der Waals surface area contributed by atoms with Crippen LogP contribution in [0.3, 0.4) is 0 Å². The van der Waals surface area contributed by atoms with Crippen LogP contribution in [0.2, 0.25) is 5.02 Å². The van der Waals surface area contributed by atoms with Crippen molar-refractivity contribution in [3.63, 3.8) is 0 Å². The van der Waals surface area contributed by atoms with E-state index in [-0.39, 0.29) is 30.4 Å². The van der Waals surface area contributed by atoms with Gasteiger partial charge in [0.25, 0.3) is 5.91 Å². The zero-order chi connectivity index (χ0) is 21.1. The zero-order valence-corrected chi connectivity index (χ0v) is 17.1. The molecule has 1 atom stereocenters. The smallest absolute Gasteiger partial charge is 0.267 e. The van der Waals surface area contributed by atoms with E-state index in [2.05, 4.69) is 5.32 Å². The minimum atomic E-state index is -0.566. The van der Waals surface area contributed by atoms with Crippen LogP contribution >= 0.6 is 11.6 Å². The molecule has 1 aliphatic rings. The Morgan fingerprint density at radius 2 is 1.97 bits per heavy atom. The molecule has 2 amide bonds. The van der Waals surface area contributed by atoms with Crippen molar-refractivity contribution in [3.05, 3.63) is 47.0 Å². The first kappa shape index (κ1) is 20.7. The van der Waals surface area contributed by atoms with E-state index in [4.69, 9.17) is 21.1 Å². The predicted molar refractivity (Wildman–Crippen MR) is 110 cm³/mol. The molecule has 3 rings (SSSR count). The molecule has 0 saturated heterocycles. The maximum absolute atomic E-state index is 12.5. The summed E-state index contributed by atoms with van der Waals surface area (Å²) in [4.78, 5) is 38.2. The number of fused-ring (bicyclic) bond motifs is 1.